The summed E-state index contributed by atoms with van der Waals surface area (Å²) in [4.78, 5) is 0. The first-order valence-electron chi connectivity index (χ1n) is 14.5. The molecular formula is C37H35N4+3. The fourth-order valence-corrected chi connectivity index (χ4v) is 5.80. The van der Waals surface area contributed by atoms with Crippen molar-refractivity contribution in [3.05, 3.63) is 168 Å². The molecule has 12 rings (SSSR count). The minimum atomic E-state index is 0.328. The van der Waals surface area contributed by atoms with E-state index < -0.39 is 0 Å². The van der Waals surface area contributed by atoms with Crippen molar-refractivity contribution in [2.75, 3.05) is 0 Å². The Bertz CT molecular complexity index is 1700. The van der Waals surface area contributed by atoms with Gasteiger partial charge in [0.15, 0.2) is 56.8 Å². The van der Waals surface area contributed by atoms with Gasteiger partial charge in [-0.1, -0.05) is 48.5 Å². The van der Waals surface area contributed by atoms with Crippen molar-refractivity contribution < 1.29 is 13.7 Å². The van der Waals surface area contributed by atoms with Gasteiger partial charge in [-0.2, -0.15) is 0 Å². The molecule has 41 heavy (non-hydrogen) atoms. The number of dihydropyridines is 1. The lowest BCUT2D eigenvalue weighted by atomic mass is 9.97. The van der Waals surface area contributed by atoms with Gasteiger partial charge in [-0.05, 0) is 59.0 Å². The number of benzene rings is 2. The molecule has 0 spiro atoms. The number of allylic oxidation sites excluding steroid dienone is 2. The summed E-state index contributed by atoms with van der Waals surface area (Å²) in [7, 11) is 0. The summed E-state index contributed by atoms with van der Waals surface area (Å²) in [5, 5.41) is 3.54. The highest BCUT2D eigenvalue weighted by Gasteiger charge is 2.13. The van der Waals surface area contributed by atoms with Crippen LogP contribution < -0.4 is 19.0 Å². The van der Waals surface area contributed by atoms with Crippen LogP contribution in [0.1, 0.15) is 34.2 Å². The SMILES string of the molecule is C1=CC2=C[C@H](CCc3ccc(cc3)C[n+]3ccc(cc3)-c3cc[n+](cc3)Cc3cccc(c3)C[n+]3ccc2cc3)N1. The number of pyridine rings is 3. The molecule has 4 nitrogen and oxygen atoms in total. The topological polar surface area (TPSA) is 23.7 Å². The Morgan fingerprint density at radius 2 is 1.05 bits per heavy atom. The van der Waals surface area contributed by atoms with Gasteiger partial charge < -0.3 is 5.32 Å². The van der Waals surface area contributed by atoms with Crippen molar-refractivity contribution in [3.63, 3.8) is 0 Å². The molecule has 0 saturated heterocycles. The Labute approximate surface area is 242 Å². The number of fused-ring (bicyclic) bond motifs is 2. The molecular weight excluding hydrogens is 500 g/mol. The highest BCUT2D eigenvalue weighted by molar-refractivity contribution is 5.74. The molecule has 10 heterocycles. The van der Waals surface area contributed by atoms with Gasteiger partial charge in [0.1, 0.15) is 0 Å². The highest BCUT2D eigenvalue weighted by atomic mass is 14.9. The van der Waals surface area contributed by atoms with Gasteiger partial charge in [0.2, 0.25) is 0 Å². The van der Waals surface area contributed by atoms with Crippen molar-refractivity contribution in [2.24, 2.45) is 0 Å². The summed E-state index contributed by atoms with van der Waals surface area (Å²) < 4.78 is 6.75. The second-order valence-corrected chi connectivity index (χ2v) is 11.2. The Hall–Kier alpha value is -4.83. The van der Waals surface area contributed by atoms with E-state index in [-0.39, 0.29) is 0 Å². The van der Waals surface area contributed by atoms with Crippen molar-refractivity contribution in [3.8, 4) is 11.1 Å². The number of nitrogens with zero attached hydrogens (tertiary/aromatic N) is 3. The van der Waals surface area contributed by atoms with E-state index in [1.54, 1.807) is 0 Å². The van der Waals surface area contributed by atoms with Crippen molar-refractivity contribution in [1.29, 1.82) is 0 Å². The number of aryl methyl sites for hydroxylation is 1. The zero-order valence-electron chi connectivity index (χ0n) is 23.2. The molecule has 7 aliphatic heterocycles. The van der Waals surface area contributed by atoms with Crippen LogP contribution in [-0.4, -0.2) is 6.04 Å². The minimum Gasteiger partial charge on any atom is -0.385 e. The van der Waals surface area contributed by atoms with Gasteiger partial charge in [0, 0.05) is 59.1 Å². The quantitative estimate of drug-likeness (QED) is 0.272. The van der Waals surface area contributed by atoms with Crippen LogP contribution in [0.2, 0.25) is 0 Å². The van der Waals surface area contributed by atoms with E-state index in [2.05, 4.69) is 159 Å². The Morgan fingerprint density at radius 1 is 0.537 bits per heavy atom. The third kappa shape index (κ3) is 6.02. The molecule has 5 aromatic rings. The average Bonchev–Trinajstić information content (AvgIpc) is 3.02. The van der Waals surface area contributed by atoms with E-state index in [1.165, 1.54) is 44.5 Å². The van der Waals surface area contributed by atoms with Crippen LogP contribution >= 0.6 is 0 Å². The highest BCUT2D eigenvalue weighted by Crippen LogP contribution is 2.21. The summed E-state index contributed by atoms with van der Waals surface area (Å²) in [6.07, 6.45) is 21.9. The molecule has 1 N–H and O–H groups in total. The molecule has 0 fully saturated rings. The van der Waals surface area contributed by atoms with Gasteiger partial charge in [-0.15, -0.1) is 0 Å². The molecule has 12 bridgehead atoms. The normalized spacial score (nSPS) is 16.3. The summed E-state index contributed by atoms with van der Waals surface area (Å²) in [5.41, 5.74) is 10.3. The number of rotatable bonds is 0. The fraction of sp³-hybridized carbons (Fsp3) is 0.162. The molecule has 1 atom stereocenters. The van der Waals surface area contributed by atoms with E-state index >= 15 is 0 Å². The van der Waals surface area contributed by atoms with E-state index in [9.17, 15) is 0 Å². The summed E-state index contributed by atoms with van der Waals surface area (Å²) in [5.74, 6) is 0. The van der Waals surface area contributed by atoms with Crippen molar-refractivity contribution in [1.82, 2.24) is 5.32 Å². The fourth-order valence-electron chi connectivity index (χ4n) is 5.80. The average molecular weight is 536 g/mol. The first kappa shape index (κ1) is 25.2. The molecule has 0 radical (unpaired) electrons. The van der Waals surface area contributed by atoms with E-state index in [4.69, 9.17) is 0 Å². The first-order chi connectivity index (χ1) is 20.2. The molecule has 0 amide bonds. The van der Waals surface area contributed by atoms with Crippen LogP contribution in [0.3, 0.4) is 0 Å². The van der Waals surface area contributed by atoms with Gasteiger partial charge >= 0.3 is 0 Å². The van der Waals surface area contributed by atoms with Crippen LogP contribution in [0.15, 0.2) is 140 Å². The maximum atomic E-state index is 3.54. The lowest BCUT2D eigenvalue weighted by Crippen LogP contribution is -2.34. The zero-order valence-corrected chi connectivity index (χ0v) is 23.2. The number of aromatic nitrogens is 3. The second-order valence-electron chi connectivity index (χ2n) is 11.2. The predicted octanol–water partition coefficient (Wildman–Crippen LogP) is 5.18. The first-order valence-corrected chi connectivity index (χ1v) is 14.5. The predicted molar refractivity (Wildman–Crippen MR) is 161 cm³/mol. The summed E-state index contributed by atoms with van der Waals surface area (Å²) in [6.45, 7) is 2.57. The number of hydrogen-bond acceptors (Lipinski definition) is 1. The maximum absolute atomic E-state index is 3.54. The Morgan fingerprint density at radius 3 is 1.63 bits per heavy atom. The lowest BCUT2D eigenvalue weighted by Gasteiger charge is -2.19. The number of nitrogens with one attached hydrogen (secondary N) is 1. The van der Waals surface area contributed by atoms with Crippen LogP contribution in [0.25, 0.3) is 16.7 Å². The number of hydrogen-bond donors (Lipinski definition) is 1. The third-order valence-corrected chi connectivity index (χ3v) is 8.15. The van der Waals surface area contributed by atoms with Gasteiger partial charge in [0.05, 0.1) is 0 Å². The molecule has 4 heteroatoms. The Kier molecular flexibility index (Phi) is 6.96. The summed E-state index contributed by atoms with van der Waals surface area (Å²) >= 11 is 0. The standard InChI is InChI=1S/C37H35N4/c1-2-31-24-32(3-1)28-41-22-15-35(16-23-41)36-10-17-38-37(25-36)9-8-29-4-6-30(7-5-29)26-39-18-11-33(12-19-39)34-13-20-40(27-31)21-14-34/h1-7,10-25,37-38H,8-9,26-28H2/q+3/t37-/m0/s1. The zero-order chi connectivity index (χ0) is 27.4. The van der Waals surface area contributed by atoms with E-state index in [1.807, 2.05) is 0 Å². The molecule has 200 valence electrons. The minimum absolute atomic E-state index is 0.328. The molecule has 7 aliphatic rings. The Balaban J connectivity index is 1.19. The second kappa shape index (κ2) is 11.3. The largest absolute Gasteiger partial charge is 0.385 e. The molecule has 2 aromatic carbocycles. The monoisotopic (exact) mass is 535 g/mol. The molecule has 0 aliphatic carbocycles. The van der Waals surface area contributed by atoms with Crippen molar-refractivity contribution >= 4 is 5.57 Å². The van der Waals surface area contributed by atoms with Crippen LogP contribution in [0.5, 0.6) is 0 Å². The molecule has 0 unspecified atom stereocenters. The van der Waals surface area contributed by atoms with Crippen molar-refractivity contribution in [2.45, 2.75) is 38.5 Å². The van der Waals surface area contributed by atoms with E-state index in [0.29, 0.717) is 6.04 Å². The van der Waals surface area contributed by atoms with E-state index in [0.717, 1.165) is 32.5 Å². The maximum Gasteiger partial charge on any atom is 0.173 e. The van der Waals surface area contributed by atoms with Crippen LogP contribution in [0.4, 0.5) is 0 Å². The van der Waals surface area contributed by atoms with Gasteiger partial charge in [0.25, 0.3) is 0 Å². The van der Waals surface area contributed by atoms with Gasteiger partial charge in [-0.25, -0.2) is 13.7 Å². The lowest BCUT2D eigenvalue weighted by molar-refractivity contribution is -0.689. The van der Waals surface area contributed by atoms with Crippen LogP contribution in [0, 0.1) is 0 Å². The summed E-state index contributed by atoms with van der Waals surface area (Å²) in [6, 6.07) is 31.6. The third-order valence-electron chi connectivity index (χ3n) is 8.15. The van der Waals surface area contributed by atoms with Crippen LogP contribution in [-0.2, 0) is 26.1 Å². The van der Waals surface area contributed by atoms with Gasteiger partial charge in [-0.3, -0.25) is 0 Å². The smallest absolute Gasteiger partial charge is 0.173 e. The molecule has 3 aromatic heterocycles. The molecule has 0 saturated carbocycles.